The Morgan fingerprint density at radius 2 is 1.96 bits per heavy atom. The van der Waals surface area contributed by atoms with Crippen molar-refractivity contribution >= 4 is 11.9 Å². The average molecular weight is 336 g/mol. The number of nitrogens with zero attached hydrogens (tertiary/aromatic N) is 4. The number of benzene rings is 1. The van der Waals surface area contributed by atoms with E-state index in [1.165, 1.54) is 0 Å². The fourth-order valence-electron chi connectivity index (χ4n) is 2.43. The molecule has 0 saturated heterocycles. The molecule has 2 N–H and O–H groups in total. The molecule has 0 aliphatic carbocycles. The summed E-state index contributed by atoms with van der Waals surface area (Å²) in [7, 11) is 0. The molecule has 0 bridgehead atoms. The smallest absolute Gasteiger partial charge is 0.257 e. The number of aromatic nitrogens is 2. The van der Waals surface area contributed by atoms with Crippen LogP contribution < -0.4 is 5.32 Å². The maximum absolute atomic E-state index is 12.3. The quantitative estimate of drug-likeness (QED) is 0.843. The van der Waals surface area contributed by atoms with E-state index in [-0.39, 0.29) is 23.2 Å². The van der Waals surface area contributed by atoms with Crippen LogP contribution in [0.5, 0.6) is 0 Å². The van der Waals surface area contributed by atoms with Gasteiger partial charge in [0.1, 0.15) is 12.1 Å². The van der Waals surface area contributed by atoms with Gasteiger partial charge in [0.05, 0.1) is 0 Å². The van der Waals surface area contributed by atoms with Crippen LogP contribution in [0.25, 0.3) is 0 Å². The number of hydrogen-bond donors (Lipinski definition) is 2. The predicted octanol–water partition coefficient (Wildman–Crippen LogP) is 2.64. The lowest BCUT2D eigenvalue weighted by Gasteiger charge is -2.24. The monoisotopic (exact) mass is 336 g/mol. The minimum Gasteiger partial charge on any atom is -0.314 e. The zero-order chi connectivity index (χ0) is 18.4. The van der Waals surface area contributed by atoms with E-state index in [1.54, 1.807) is 18.2 Å². The molecule has 0 aliphatic rings. The summed E-state index contributed by atoms with van der Waals surface area (Å²) in [5, 5.41) is 20.3. The third kappa shape index (κ3) is 4.43. The maximum Gasteiger partial charge on any atom is 0.257 e. The van der Waals surface area contributed by atoms with Gasteiger partial charge in [0.25, 0.3) is 5.91 Å². The predicted molar refractivity (Wildman–Crippen MR) is 93.6 cm³/mol. The Kier molecular flexibility index (Phi) is 5.89. The molecule has 7 heteroatoms. The number of hydrogen-bond acceptors (Lipinski definition) is 5. The normalized spacial score (nSPS) is 10.5. The lowest BCUT2D eigenvalue weighted by Crippen LogP contribution is -2.29. The van der Waals surface area contributed by atoms with Gasteiger partial charge < -0.3 is 4.98 Å². The van der Waals surface area contributed by atoms with Crippen LogP contribution in [0.4, 0.5) is 5.95 Å². The molecule has 128 valence electrons. The summed E-state index contributed by atoms with van der Waals surface area (Å²) < 4.78 is 0. The number of carbonyl (C=O) groups is 1. The van der Waals surface area contributed by atoms with Crippen LogP contribution in [0.3, 0.4) is 0 Å². The highest BCUT2D eigenvalue weighted by atomic mass is 16.1. The summed E-state index contributed by atoms with van der Waals surface area (Å²) in [6.45, 7) is 8.21. The van der Waals surface area contributed by atoms with Crippen LogP contribution >= 0.6 is 0 Å². The molecule has 0 atom stereocenters. The van der Waals surface area contributed by atoms with Gasteiger partial charge in [-0.2, -0.15) is 10.5 Å². The molecule has 0 saturated carbocycles. The molecule has 1 heterocycles. The van der Waals surface area contributed by atoms with Gasteiger partial charge in [-0.25, -0.2) is 4.98 Å². The molecular weight excluding hydrogens is 316 g/mol. The van der Waals surface area contributed by atoms with E-state index < -0.39 is 0 Å². The molecule has 0 unspecified atom stereocenters. The van der Waals surface area contributed by atoms with Crippen molar-refractivity contribution in [3.05, 3.63) is 46.8 Å². The van der Waals surface area contributed by atoms with Gasteiger partial charge in [0.15, 0.2) is 11.4 Å². The summed E-state index contributed by atoms with van der Waals surface area (Å²) >= 11 is 0. The van der Waals surface area contributed by atoms with E-state index in [0.29, 0.717) is 11.6 Å². The SMILES string of the molecule is CCN(Cc1ccc(C(=O)Nc2nc(C#N)c(C#N)[nH]2)cc1)C(C)C. The minimum absolute atomic E-state index is 0.0292. The summed E-state index contributed by atoms with van der Waals surface area (Å²) in [5.74, 6) is -0.273. The van der Waals surface area contributed by atoms with Crippen LogP contribution in [0.2, 0.25) is 0 Å². The van der Waals surface area contributed by atoms with Gasteiger partial charge >= 0.3 is 0 Å². The minimum atomic E-state index is -0.356. The zero-order valence-corrected chi connectivity index (χ0v) is 14.5. The van der Waals surface area contributed by atoms with E-state index >= 15 is 0 Å². The molecule has 7 nitrogen and oxygen atoms in total. The average Bonchev–Trinajstić information content (AvgIpc) is 3.01. The second kappa shape index (κ2) is 8.09. The molecule has 1 amide bonds. The Bertz CT molecular complexity index is 791. The highest BCUT2D eigenvalue weighted by Crippen LogP contribution is 2.12. The standard InChI is InChI=1S/C18H20N6O/c1-4-24(12(2)3)11-13-5-7-14(8-6-13)17(25)23-18-21-15(9-19)16(10-20)22-18/h5-8,12H,4,11H2,1-3H3,(H2,21,22,23,25). The zero-order valence-electron chi connectivity index (χ0n) is 14.5. The van der Waals surface area contributed by atoms with E-state index in [1.807, 2.05) is 18.2 Å². The largest absolute Gasteiger partial charge is 0.314 e. The van der Waals surface area contributed by atoms with Gasteiger partial charge in [0.2, 0.25) is 5.95 Å². The Morgan fingerprint density at radius 1 is 1.28 bits per heavy atom. The number of amides is 1. The van der Waals surface area contributed by atoms with E-state index in [2.05, 4.69) is 41.0 Å². The van der Waals surface area contributed by atoms with Crippen LogP contribution in [0.1, 0.15) is 48.1 Å². The summed E-state index contributed by atoms with van der Waals surface area (Å²) in [6, 6.07) is 11.4. The number of carbonyl (C=O) groups excluding carboxylic acids is 1. The number of aromatic amines is 1. The molecule has 0 spiro atoms. The van der Waals surface area contributed by atoms with Gasteiger partial charge in [-0.05, 0) is 38.1 Å². The van der Waals surface area contributed by atoms with Crippen molar-refractivity contribution in [2.45, 2.75) is 33.4 Å². The maximum atomic E-state index is 12.3. The summed E-state index contributed by atoms with van der Waals surface area (Å²) in [6.07, 6.45) is 0. The first-order chi connectivity index (χ1) is 12.0. The third-order valence-corrected chi connectivity index (χ3v) is 3.89. The molecule has 1 aromatic carbocycles. The second-order valence-electron chi connectivity index (χ2n) is 5.84. The molecule has 25 heavy (non-hydrogen) atoms. The Hall–Kier alpha value is -3.16. The van der Waals surface area contributed by atoms with Crippen LogP contribution in [-0.2, 0) is 6.54 Å². The number of H-pyrrole nitrogens is 1. The highest BCUT2D eigenvalue weighted by Gasteiger charge is 2.13. The Morgan fingerprint density at radius 3 is 2.44 bits per heavy atom. The molecule has 0 radical (unpaired) electrons. The van der Waals surface area contributed by atoms with Crippen molar-refractivity contribution in [3.63, 3.8) is 0 Å². The first kappa shape index (κ1) is 18.2. The van der Waals surface area contributed by atoms with E-state index in [9.17, 15) is 4.79 Å². The van der Waals surface area contributed by atoms with Crippen LogP contribution in [0, 0.1) is 22.7 Å². The molecule has 0 aliphatic heterocycles. The van der Waals surface area contributed by atoms with Crippen molar-refractivity contribution in [1.29, 1.82) is 10.5 Å². The summed E-state index contributed by atoms with van der Waals surface area (Å²) in [4.78, 5) is 21.1. The number of anilines is 1. The first-order valence-corrected chi connectivity index (χ1v) is 8.03. The lowest BCUT2D eigenvalue weighted by molar-refractivity contribution is 0.102. The first-order valence-electron chi connectivity index (χ1n) is 8.03. The van der Waals surface area contributed by atoms with E-state index in [4.69, 9.17) is 10.5 Å². The molecule has 1 aromatic heterocycles. The van der Waals surface area contributed by atoms with Crippen molar-refractivity contribution in [2.24, 2.45) is 0 Å². The second-order valence-corrected chi connectivity index (χ2v) is 5.84. The lowest BCUT2D eigenvalue weighted by atomic mass is 10.1. The van der Waals surface area contributed by atoms with Crippen molar-refractivity contribution in [3.8, 4) is 12.1 Å². The van der Waals surface area contributed by atoms with E-state index in [0.717, 1.165) is 18.7 Å². The Balaban J connectivity index is 2.07. The molecule has 2 rings (SSSR count). The third-order valence-electron chi connectivity index (χ3n) is 3.89. The van der Waals surface area contributed by atoms with Gasteiger partial charge in [-0.1, -0.05) is 19.1 Å². The van der Waals surface area contributed by atoms with Gasteiger partial charge in [-0.15, -0.1) is 0 Å². The highest BCUT2D eigenvalue weighted by molar-refractivity contribution is 6.03. The van der Waals surface area contributed by atoms with Crippen LogP contribution in [-0.4, -0.2) is 33.4 Å². The van der Waals surface area contributed by atoms with Crippen molar-refractivity contribution < 1.29 is 4.79 Å². The molecule has 2 aromatic rings. The number of nitrogens with one attached hydrogen (secondary N) is 2. The van der Waals surface area contributed by atoms with Crippen molar-refractivity contribution in [1.82, 2.24) is 14.9 Å². The number of nitriles is 2. The Labute approximate surface area is 146 Å². The fraction of sp³-hybridized carbons (Fsp3) is 0.333. The van der Waals surface area contributed by atoms with Crippen LogP contribution in [0.15, 0.2) is 24.3 Å². The van der Waals surface area contributed by atoms with Crippen molar-refractivity contribution in [2.75, 3.05) is 11.9 Å². The summed E-state index contributed by atoms with van der Waals surface area (Å²) in [5.41, 5.74) is 1.59. The number of imidazole rings is 1. The molecular formula is C18H20N6O. The fourth-order valence-corrected chi connectivity index (χ4v) is 2.43. The van der Waals surface area contributed by atoms with Gasteiger partial charge in [-0.3, -0.25) is 15.0 Å². The molecule has 0 fully saturated rings. The topological polar surface area (TPSA) is 109 Å². The van der Waals surface area contributed by atoms with Gasteiger partial charge in [0, 0.05) is 18.2 Å². The number of rotatable bonds is 6.